The van der Waals surface area contributed by atoms with Crippen LogP contribution in [0.3, 0.4) is 0 Å². The number of amides is 4. The number of benzene rings is 2. The third-order valence-corrected chi connectivity index (χ3v) is 8.73. The summed E-state index contributed by atoms with van der Waals surface area (Å²) in [6, 6.07) is 6.96. The van der Waals surface area contributed by atoms with Gasteiger partial charge in [0.15, 0.2) is 0 Å². The Labute approximate surface area is 301 Å². The number of likely N-dealkylation sites (tertiary alicyclic amines) is 1. The molecular weight excluding hydrogens is 658 g/mol. The Morgan fingerprint density at radius 2 is 1.65 bits per heavy atom. The molecule has 0 bridgehead atoms. The molecule has 1 saturated heterocycles. The van der Waals surface area contributed by atoms with E-state index in [-0.39, 0.29) is 60.8 Å². The van der Waals surface area contributed by atoms with Crippen molar-refractivity contribution in [3.8, 4) is 0 Å². The lowest BCUT2D eigenvalue weighted by molar-refractivity contribution is -0.121. The van der Waals surface area contributed by atoms with Crippen LogP contribution < -0.4 is 10.6 Å². The van der Waals surface area contributed by atoms with Crippen LogP contribution >= 0.6 is 0 Å². The lowest BCUT2D eigenvalue weighted by Crippen LogP contribution is -2.46. The summed E-state index contributed by atoms with van der Waals surface area (Å²) in [5.41, 5.74) is 0.953. The van der Waals surface area contributed by atoms with Gasteiger partial charge in [0.1, 0.15) is 17.2 Å². The molecule has 0 aromatic heterocycles. The van der Waals surface area contributed by atoms with Gasteiger partial charge in [0.2, 0.25) is 5.91 Å². The molecule has 0 radical (unpaired) electrons. The summed E-state index contributed by atoms with van der Waals surface area (Å²) in [4.78, 5) is 55.6. The van der Waals surface area contributed by atoms with Crippen molar-refractivity contribution in [3.63, 3.8) is 0 Å². The summed E-state index contributed by atoms with van der Waals surface area (Å²) in [6.45, 7) is 13.7. The molecular formula is C39H56F2N4O6. The molecule has 51 heavy (non-hydrogen) atoms. The number of aliphatic hydroxyl groups excluding tert-OH is 1. The Morgan fingerprint density at radius 3 is 2.27 bits per heavy atom. The van der Waals surface area contributed by atoms with Crippen molar-refractivity contribution in [2.24, 2.45) is 5.92 Å². The van der Waals surface area contributed by atoms with Crippen molar-refractivity contribution >= 4 is 23.8 Å². The highest BCUT2D eigenvalue weighted by molar-refractivity contribution is 6.00. The molecule has 0 aliphatic carbocycles. The van der Waals surface area contributed by atoms with E-state index in [1.807, 2.05) is 34.6 Å². The summed E-state index contributed by atoms with van der Waals surface area (Å²) in [5, 5.41) is 16.9. The van der Waals surface area contributed by atoms with Crippen molar-refractivity contribution in [2.45, 2.75) is 111 Å². The summed E-state index contributed by atoms with van der Waals surface area (Å²) >= 11 is 0. The number of aryl methyl sites for hydroxylation is 1. The van der Waals surface area contributed by atoms with Crippen LogP contribution in [0.4, 0.5) is 13.6 Å². The second-order valence-electron chi connectivity index (χ2n) is 14.6. The number of aliphatic hydroxyl groups is 1. The van der Waals surface area contributed by atoms with Crippen LogP contribution in [0.2, 0.25) is 0 Å². The van der Waals surface area contributed by atoms with Crippen LogP contribution in [0.25, 0.3) is 0 Å². The van der Waals surface area contributed by atoms with E-state index in [1.165, 1.54) is 6.07 Å². The average molecular weight is 715 g/mol. The molecule has 1 aliphatic rings. The van der Waals surface area contributed by atoms with Gasteiger partial charge in [0.05, 0.1) is 12.1 Å². The van der Waals surface area contributed by atoms with Gasteiger partial charge in [-0.15, -0.1) is 0 Å². The molecule has 3 N–H and O–H groups in total. The topological polar surface area (TPSA) is 128 Å². The molecule has 1 heterocycles. The number of hydrogen-bond donors (Lipinski definition) is 3. The summed E-state index contributed by atoms with van der Waals surface area (Å²) in [6.07, 6.45) is 2.60. The maximum Gasteiger partial charge on any atom is 0.410 e. The highest BCUT2D eigenvalue weighted by Crippen LogP contribution is 2.23. The van der Waals surface area contributed by atoms with Gasteiger partial charge in [-0.2, -0.15) is 0 Å². The SMILES string of the molecule is CCCN(CCC)C(=O)c1cc(C)cc(C(=O)N[C@@H](Cc2cc(F)cc(F)c2)[C@H](O)CCNC(=O)CCC2CCCN(C(=O)OC(C)(C)C)C2)c1. The quantitative estimate of drug-likeness (QED) is 0.191. The molecule has 0 spiro atoms. The largest absolute Gasteiger partial charge is 0.444 e. The Hall–Kier alpha value is -4.06. The molecule has 2 aromatic rings. The third kappa shape index (κ3) is 13.9. The minimum atomic E-state index is -1.18. The molecule has 3 rings (SSSR count). The van der Waals surface area contributed by atoms with Crippen molar-refractivity contribution in [2.75, 3.05) is 32.7 Å². The number of rotatable bonds is 16. The molecule has 2 aromatic carbocycles. The number of nitrogens with zero attached hydrogens (tertiary/aromatic N) is 2. The second-order valence-corrected chi connectivity index (χ2v) is 14.6. The van der Waals surface area contributed by atoms with E-state index in [2.05, 4.69) is 10.6 Å². The number of hydrogen-bond acceptors (Lipinski definition) is 6. The first kappa shape index (κ1) is 41.4. The molecule has 4 amide bonds. The minimum Gasteiger partial charge on any atom is -0.444 e. The first-order valence-electron chi connectivity index (χ1n) is 18.2. The number of nitrogens with one attached hydrogen (secondary N) is 2. The zero-order valence-electron chi connectivity index (χ0n) is 31.0. The molecule has 1 aliphatic heterocycles. The van der Waals surface area contributed by atoms with Gasteiger partial charge in [-0.1, -0.05) is 13.8 Å². The number of carbonyl (C=O) groups is 4. The van der Waals surface area contributed by atoms with Gasteiger partial charge in [-0.25, -0.2) is 13.6 Å². The standard InChI is InChI=1S/C39H56F2N4O6/c1-7-15-44(16-8-2)37(49)30-19-26(3)18-29(23-30)36(48)43-33(22-28-20-31(40)24-32(41)21-28)34(46)13-14-42-35(47)12-11-27-10-9-17-45(25-27)38(50)51-39(4,5)6/h18-21,23-24,27,33-34,46H,7-17,22,25H2,1-6H3,(H,42,47)(H,43,48)/t27?,33-,34+/m0/s1. The fourth-order valence-electron chi connectivity index (χ4n) is 6.37. The Bertz CT molecular complexity index is 1470. The number of carbonyl (C=O) groups excluding carboxylic acids is 4. The van der Waals surface area contributed by atoms with E-state index in [0.29, 0.717) is 43.7 Å². The van der Waals surface area contributed by atoms with Crippen LogP contribution in [0.1, 0.15) is 111 Å². The lowest BCUT2D eigenvalue weighted by Gasteiger charge is -2.34. The van der Waals surface area contributed by atoms with E-state index in [1.54, 1.807) is 28.9 Å². The first-order valence-corrected chi connectivity index (χ1v) is 18.2. The molecule has 3 atom stereocenters. The van der Waals surface area contributed by atoms with E-state index >= 15 is 0 Å². The molecule has 1 unspecified atom stereocenters. The highest BCUT2D eigenvalue weighted by Gasteiger charge is 2.28. The Morgan fingerprint density at radius 1 is 1.00 bits per heavy atom. The second kappa shape index (κ2) is 19.5. The predicted octanol–water partition coefficient (Wildman–Crippen LogP) is 6.17. The predicted molar refractivity (Wildman–Crippen MR) is 192 cm³/mol. The van der Waals surface area contributed by atoms with E-state index in [9.17, 15) is 33.1 Å². The monoisotopic (exact) mass is 714 g/mol. The highest BCUT2D eigenvalue weighted by atomic mass is 19.1. The van der Waals surface area contributed by atoms with E-state index < -0.39 is 35.3 Å². The average Bonchev–Trinajstić information content (AvgIpc) is 3.05. The fourth-order valence-corrected chi connectivity index (χ4v) is 6.37. The van der Waals surface area contributed by atoms with Crippen LogP contribution in [0, 0.1) is 24.5 Å². The smallest absolute Gasteiger partial charge is 0.410 e. The summed E-state index contributed by atoms with van der Waals surface area (Å²) < 4.78 is 33.6. The van der Waals surface area contributed by atoms with Crippen molar-refractivity contribution in [1.29, 1.82) is 0 Å². The van der Waals surface area contributed by atoms with Crippen LogP contribution in [0.15, 0.2) is 36.4 Å². The number of piperidine rings is 1. The van der Waals surface area contributed by atoms with Gasteiger partial charge in [-0.05, 0) is 120 Å². The van der Waals surface area contributed by atoms with Crippen LogP contribution in [-0.4, -0.2) is 89.2 Å². The van der Waals surface area contributed by atoms with Gasteiger partial charge in [-0.3, -0.25) is 14.4 Å². The Kier molecular flexibility index (Phi) is 15.8. The number of halogens is 2. The third-order valence-electron chi connectivity index (χ3n) is 8.73. The van der Waals surface area contributed by atoms with Crippen LogP contribution in [0.5, 0.6) is 0 Å². The van der Waals surface area contributed by atoms with Crippen molar-refractivity contribution in [1.82, 2.24) is 20.4 Å². The van der Waals surface area contributed by atoms with Crippen LogP contribution in [-0.2, 0) is 16.0 Å². The first-order chi connectivity index (χ1) is 24.1. The minimum absolute atomic E-state index is 0.0604. The zero-order valence-corrected chi connectivity index (χ0v) is 31.0. The zero-order chi connectivity index (χ0) is 37.7. The van der Waals surface area contributed by atoms with Gasteiger partial charge >= 0.3 is 6.09 Å². The maximum atomic E-state index is 14.1. The van der Waals surface area contributed by atoms with E-state index in [4.69, 9.17) is 4.74 Å². The van der Waals surface area contributed by atoms with Gasteiger partial charge in [0.25, 0.3) is 11.8 Å². The molecule has 282 valence electrons. The summed E-state index contributed by atoms with van der Waals surface area (Å²) in [5.74, 6) is -2.34. The van der Waals surface area contributed by atoms with Gasteiger partial charge < -0.3 is 30.3 Å². The molecule has 1 fully saturated rings. The Balaban J connectivity index is 1.64. The molecule has 10 nitrogen and oxygen atoms in total. The maximum absolute atomic E-state index is 14.1. The molecule has 12 heteroatoms. The van der Waals surface area contributed by atoms with Gasteiger partial charge in [0, 0.05) is 56.3 Å². The van der Waals surface area contributed by atoms with E-state index in [0.717, 1.165) is 43.9 Å². The lowest BCUT2D eigenvalue weighted by atomic mass is 9.93. The van der Waals surface area contributed by atoms with Crippen molar-refractivity contribution in [3.05, 3.63) is 70.3 Å². The molecule has 0 saturated carbocycles. The normalized spacial score (nSPS) is 15.9. The van der Waals surface area contributed by atoms with Crippen molar-refractivity contribution < 1.29 is 37.8 Å². The summed E-state index contributed by atoms with van der Waals surface area (Å²) in [7, 11) is 0. The fraction of sp³-hybridized carbons (Fsp3) is 0.590. The number of ether oxygens (including phenoxy) is 1.